The molecule has 0 radical (unpaired) electrons. The molecule has 3 heteroatoms. The summed E-state index contributed by atoms with van der Waals surface area (Å²) in [6.07, 6.45) is 5.00. The van der Waals surface area contributed by atoms with E-state index in [9.17, 15) is 4.39 Å². The van der Waals surface area contributed by atoms with Crippen molar-refractivity contribution in [2.45, 2.75) is 45.2 Å². The summed E-state index contributed by atoms with van der Waals surface area (Å²) < 4.78 is 13.5. The van der Waals surface area contributed by atoms with E-state index in [1.165, 1.54) is 31.7 Å². The van der Waals surface area contributed by atoms with Crippen LogP contribution < -0.4 is 5.32 Å². The maximum Gasteiger partial charge on any atom is 0.127 e. The van der Waals surface area contributed by atoms with E-state index in [1.807, 2.05) is 0 Å². The highest BCUT2D eigenvalue weighted by atomic mass is 35.5. The predicted molar refractivity (Wildman–Crippen MR) is 69.7 cm³/mol. The molecule has 2 rings (SSSR count). The zero-order chi connectivity index (χ0) is 12.3. The second-order valence-electron chi connectivity index (χ2n) is 5.09. The number of hydrogen-bond acceptors (Lipinski definition) is 1. The minimum absolute atomic E-state index is 0.175. The highest BCUT2D eigenvalue weighted by molar-refractivity contribution is 6.30. The molecule has 0 aromatic heterocycles. The average molecular weight is 256 g/mol. The van der Waals surface area contributed by atoms with Gasteiger partial charge in [-0.2, -0.15) is 0 Å². The lowest BCUT2D eigenvalue weighted by atomic mass is 9.87. The Balaban J connectivity index is 1.90. The Morgan fingerprint density at radius 1 is 1.41 bits per heavy atom. The van der Waals surface area contributed by atoms with E-state index in [1.54, 1.807) is 12.1 Å². The molecule has 1 aromatic carbocycles. The molecule has 0 amide bonds. The van der Waals surface area contributed by atoms with Crippen LogP contribution in [-0.4, -0.2) is 6.04 Å². The van der Waals surface area contributed by atoms with Crippen LogP contribution >= 0.6 is 11.6 Å². The van der Waals surface area contributed by atoms with Gasteiger partial charge in [0.1, 0.15) is 5.82 Å². The van der Waals surface area contributed by atoms with Crippen molar-refractivity contribution in [3.05, 3.63) is 34.6 Å². The largest absolute Gasteiger partial charge is 0.310 e. The third kappa shape index (κ3) is 3.68. The van der Waals surface area contributed by atoms with Gasteiger partial charge in [0, 0.05) is 23.2 Å². The molecular weight excluding hydrogens is 237 g/mol. The first-order valence-corrected chi connectivity index (χ1v) is 6.70. The molecule has 1 aliphatic rings. The van der Waals surface area contributed by atoms with Gasteiger partial charge in [0.25, 0.3) is 0 Å². The number of rotatable bonds is 3. The van der Waals surface area contributed by atoms with Gasteiger partial charge in [-0.1, -0.05) is 31.4 Å². The molecule has 0 heterocycles. The second-order valence-corrected chi connectivity index (χ2v) is 5.52. The van der Waals surface area contributed by atoms with E-state index in [4.69, 9.17) is 11.6 Å². The first kappa shape index (κ1) is 12.8. The standard InChI is InChI=1S/C14H19ClFN/c1-10-3-2-4-13(7-10)17-9-11-8-12(15)5-6-14(11)16/h5-6,8,10,13,17H,2-4,7,9H2,1H3. The summed E-state index contributed by atoms with van der Waals surface area (Å²) in [6.45, 7) is 2.86. The highest BCUT2D eigenvalue weighted by Gasteiger charge is 2.18. The van der Waals surface area contributed by atoms with Crippen molar-refractivity contribution in [2.75, 3.05) is 0 Å². The molecule has 1 nitrogen and oxygen atoms in total. The van der Waals surface area contributed by atoms with Crippen LogP contribution in [0.25, 0.3) is 0 Å². The fourth-order valence-corrected chi connectivity index (χ4v) is 2.75. The van der Waals surface area contributed by atoms with Crippen LogP contribution in [0.1, 0.15) is 38.2 Å². The zero-order valence-electron chi connectivity index (χ0n) is 10.2. The Bertz CT molecular complexity index is 380. The fourth-order valence-electron chi connectivity index (χ4n) is 2.55. The highest BCUT2D eigenvalue weighted by Crippen LogP contribution is 2.24. The lowest BCUT2D eigenvalue weighted by molar-refractivity contribution is 0.299. The van der Waals surface area contributed by atoms with Crippen molar-refractivity contribution in [3.8, 4) is 0 Å². The van der Waals surface area contributed by atoms with E-state index in [0.717, 1.165) is 5.92 Å². The molecule has 17 heavy (non-hydrogen) atoms. The SMILES string of the molecule is CC1CCCC(NCc2cc(Cl)ccc2F)C1. The van der Waals surface area contributed by atoms with Crippen molar-refractivity contribution < 1.29 is 4.39 Å². The maximum absolute atomic E-state index is 13.5. The van der Waals surface area contributed by atoms with Gasteiger partial charge in [-0.25, -0.2) is 4.39 Å². The Hall–Kier alpha value is -0.600. The minimum Gasteiger partial charge on any atom is -0.310 e. The lowest BCUT2D eigenvalue weighted by Gasteiger charge is -2.27. The van der Waals surface area contributed by atoms with Gasteiger partial charge in [0.15, 0.2) is 0 Å². The normalized spacial score (nSPS) is 24.9. The quantitative estimate of drug-likeness (QED) is 0.856. The van der Waals surface area contributed by atoms with Crippen molar-refractivity contribution in [1.82, 2.24) is 5.32 Å². The van der Waals surface area contributed by atoms with Gasteiger partial charge >= 0.3 is 0 Å². The summed E-state index contributed by atoms with van der Waals surface area (Å²) in [5.41, 5.74) is 0.663. The molecule has 0 bridgehead atoms. The lowest BCUT2D eigenvalue weighted by Crippen LogP contribution is -2.33. The first-order chi connectivity index (χ1) is 8.15. The Labute approximate surface area is 107 Å². The fraction of sp³-hybridized carbons (Fsp3) is 0.571. The number of hydrogen-bond donors (Lipinski definition) is 1. The summed E-state index contributed by atoms with van der Waals surface area (Å²) >= 11 is 5.87. The summed E-state index contributed by atoms with van der Waals surface area (Å²) in [6, 6.07) is 5.25. The molecule has 94 valence electrons. The summed E-state index contributed by atoms with van der Waals surface area (Å²) in [5.74, 6) is 0.608. The van der Waals surface area contributed by atoms with Crippen molar-refractivity contribution in [3.63, 3.8) is 0 Å². The molecule has 1 aromatic rings. The van der Waals surface area contributed by atoms with Crippen LogP contribution in [0, 0.1) is 11.7 Å². The molecule has 1 aliphatic carbocycles. The average Bonchev–Trinajstić information content (AvgIpc) is 2.30. The monoisotopic (exact) mass is 255 g/mol. The Morgan fingerprint density at radius 2 is 2.24 bits per heavy atom. The molecule has 2 unspecified atom stereocenters. The summed E-state index contributed by atoms with van der Waals surface area (Å²) in [4.78, 5) is 0. The van der Waals surface area contributed by atoms with Gasteiger partial charge in [0.2, 0.25) is 0 Å². The summed E-state index contributed by atoms with van der Waals surface area (Å²) in [5, 5.41) is 4.04. The van der Waals surface area contributed by atoms with E-state index in [2.05, 4.69) is 12.2 Å². The van der Waals surface area contributed by atoms with Crippen molar-refractivity contribution >= 4 is 11.6 Å². The van der Waals surface area contributed by atoms with E-state index in [-0.39, 0.29) is 5.82 Å². The first-order valence-electron chi connectivity index (χ1n) is 6.32. The third-order valence-electron chi connectivity index (χ3n) is 3.53. The third-order valence-corrected chi connectivity index (χ3v) is 3.76. The molecule has 0 saturated heterocycles. The number of benzene rings is 1. The number of halogens is 2. The second kappa shape index (κ2) is 5.83. The Kier molecular flexibility index (Phi) is 4.41. The van der Waals surface area contributed by atoms with Crippen molar-refractivity contribution in [2.24, 2.45) is 5.92 Å². The van der Waals surface area contributed by atoms with Gasteiger partial charge in [-0.15, -0.1) is 0 Å². The summed E-state index contributed by atoms with van der Waals surface area (Å²) in [7, 11) is 0. The van der Waals surface area contributed by atoms with Gasteiger partial charge in [-0.3, -0.25) is 0 Å². The molecular formula is C14H19ClFN. The Morgan fingerprint density at radius 3 is 3.00 bits per heavy atom. The zero-order valence-corrected chi connectivity index (χ0v) is 10.9. The van der Waals surface area contributed by atoms with Gasteiger partial charge in [0.05, 0.1) is 0 Å². The maximum atomic E-state index is 13.5. The van der Waals surface area contributed by atoms with E-state index in [0.29, 0.717) is 23.2 Å². The predicted octanol–water partition coefficient (Wildman–Crippen LogP) is 4.15. The van der Waals surface area contributed by atoms with Gasteiger partial charge in [-0.05, 0) is 37.0 Å². The molecule has 1 saturated carbocycles. The topological polar surface area (TPSA) is 12.0 Å². The van der Waals surface area contributed by atoms with Crippen LogP contribution in [0.4, 0.5) is 4.39 Å². The van der Waals surface area contributed by atoms with Crippen LogP contribution in [0.2, 0.25) is 5.02 Å². The molecule has 0 spiro atoms. The van der Waals surface area contributed by atoms with Gasteiger partial charge < -0.3 is 5.32 Å². The minimum atomic E-state index is -0.175. The molecule has 1 fully saturated rings. The number of nitrogens with one attached hydrogen (secondary N) is 1. The van der Waals surface area contributed by atoms with E-state index >= 15 is 0 Å². The van der Waals surface area contributed by atoms with Crippen LogP contribution in [0.3, 0.4) is 0 Å². The molecule has 2 atom stereocenters. The van der Waals surface area contributed by atoms with Crippen LogP contribution in [0.15, 0.2) is 18.2 Å². The molecule has 1 N–H and O–H groups in total. The van der Waals surface area contributed by atoms with Crippen LogP contribution in [-0.2, 0) is 6.54 Å². The van der Waals surface area contributed by atoms with Crippen LogP contribution in [0.5, 0.6) is 0 Å². The molecule has 0 aliphatic heterocycles. The smallest absolute Gasteiger partial charge is 0.127 e. The van der Waals surface area contributed by atoms with E-state index < -0.39 is 0 Å². The van der Waals surface area contributed by atoms with Crippen molar-refractivity contribution in [1.29, 1.82) is 0 Å².